The number of rotatable bonds is 5. The maximum atomic E-state index is 9.83. The van der Waals surface area contributed by atoms with Crippen molar-refractivity contribution in [2.24, 2.45) is 11.8 Å². The van der Waals surface area contributed by atoms with Crippen molar-refractivity contribution in [3.63, 3.8) is 0 Å². The Labute approximate surface area is 80.9 Å². The van der Waals surface area contributed by atoms with E-state index in [1.807, 2.05) is 0 Å². The quantitative estimate of drug-likeness (QED) is 0.719. The number of aliphatic hydroxyl groups is 1. The van der Waals surface area contributed by atoms with Crippen molar-refractivity contribution in [3.8, 4) is 0 Å². The summed E-state index contributed by atoms with van der Waals surface area (Å²) >= 11 is 1.78. The third kappa shape index (κ3) is 4.36. The molecule has 0 saturated carbocycles. The van der Waals surface area contributed by atoms with Crippen LogP contribution >= 0.6 is 11.8 Å². The molecule has 0 aliphatic heterocycles. The van der Waals surface area contributed by atoms with E-state index in [2.05, 4.69) is 34.0 Å². The van der Waals surface area contributed by atoms with Gasteiger partial charge in [0.25, 0.3) is 0 Å². The molecule has 0 aromatic rings. The van der Waals surface area contributed by atoms with E-state index in [1.54, 1.807) is 11.8 Å². The third-order valence-corrected chi connectivity index (χ3v) is 3.42. The van der Waals surface area contributed by atoms with Gasteiger partial charge in [0, 0.05) is 5.25 Å². The van der Waals surface area contributed by atoms with Crippen LogP contribution in [0.3, 0.4) is 0 Å². The summed E-state index contributed by atoms with van der Waals surface area (Å²) in [6, 6.07) is 0. The third-order valence-electron chi connectivity index (χ3n) is 2.02. The van der Waals surface area contributed by atoms with Crippen molar-refractivity contribution in [1.82, 2.24) is 0 Å². The fraction of sp³-hybridized carbons (Fsp3) is 1.00. The monoisotopic (exact) mass is 190 g/mol. The molecule has 0 aromatic carbocycles. The lowest BCUT2D eigenvalue weighted by molar-refractivity contribution is 0.132. The van der Waals surface area contributed by atoms with Gasteiger partial charge >= 0.3 is 0 Å². The molecule has 0 fully saturated rings. The van der Waals surface area contributed by atoms with E-state index < -0.39 is 0 Å². The summed E-state index contributed by atoms with van der Waals surface area (Å²) in [4.78, 5) is 0. The van der Waals surface area contributed by atoms with Gasteiger partial charge in [0.05, 0.1) is 6.10 Å². The van der Waals surface area contributed by atoms with Crippen LogP contribution in [0.2, 0.25) is 0 Å². The molecule has 0 radical (unpaired) electrons. The molecule has 1 nitrogen and oxygen atoms in total. The van der Waals surface area contributed by atoms with Crippen LogP contribution in [0.4, 0.5) is 0 Å². The van der Waals surface area contributed by atoms with E-state index in [4.69, 9.17) is 0 Å². The van der Waals surface area contributed by atoms with Crippen LogP contribution in [0.1, 0.15) is 34.1 Å². The van der Waals surface area contributed by atoms with Crippen LogP contribution in [0.25, 0.3) is 0 Å². The predicted molar refractivity (Wildman–Crippen MR) is 57.6 cm³/mol. The minimum atomic E-state index is -0.139. The number of hydrogen-bond acceptors (Lipinski definition) is 2. The first-order valence-corrected chi connectivity index (χ1v) is 5.98. The highest BCUT2D eigenvalue weighted by Gasteiger charge is 2.21. The average Bonchev–Trinajstić information content (AvgIpc) is 1.85. The maximum Gasteiger partial charge on any atom is 0.0663 e. The van der Waals surface area contributed by atoms with Crippen LogP contribution in [-0.2, 0) is 0 Å². The molecular weight excluding hydrogens is 168 g/mol. The minimum Gasteiger partial charge on any atom is -0.392 e. The molecule has 0 aromatic heterocycles. The summed E-state index contributed by atoms with van der Waals surface area (Å²) in [6.07, 6.45) is 2.86. The molecule has 0 saturated heterocycles. The first kappa shape index (κ1) is 12.3. The minimum absolute atomic E-state index is 0.139. The zero-order valence-corrected chi connectivity index (χ0v) is 9.69. The zero-order chi connectivity index (χ0) is 9.72. The van der Waals surface area contributed by atoms with Gasteiger partial charge < -0.3 is 5.11 Å². The normalized spacial score (nSPS) is 17.0. The lowest BCUT2D eigenvalue weighted by Crippen LogP contribution is -2.29. The van der Waals surface area contributed by atoms with Gasteiger partial charge in [0.1, 0.15) is 0 Å². The zero-order valence-electron chi connectivity index (χ0n) is 8.87. The summed E-state index contributed by atoms with van der Waals surface area (Å²) in [5, 5.41) is 10.2. The second kappa shape index (κ2) is 5.87. The maximum absolute atomic E-state index is 9.83. The molecule has 2 unspecified atom stereocenters. The molecule has 0 aliphatic rings. The van der Waals surface area contributed by atoms with Crippen molar-refractivity contribution in [2.45, 2.75) is 45.5 Å². The van der Waals surface area contributed by atoms with Gasteiger partial charge in [0.15, 0.2) is 0 Å². The Hall–Kier alpha value is 0.310. The first-order chi connectivity index (χ1) is 5.49. The average molecular weight is 190 g/mol. The smallest absolute Gasteiger partial charge is 0.0663 e. The lowest BCUT2D eigenvalue weighted by Gasteiger charge is -2.25. The summed E-state index contributed by atoms with van der Waals surface area (Å²) < 4.78 is 0. The molecule has 0 spiro atoms. The van der Waals surface area contributed by atoms with E-state index in [0.29, 0.717) is 17.1 Å². The Balaban J connectivity index is 3.94. The van der Waals surface area contributed by atoms with Crippen LogP contribution in [0.5, 0.6) is 0 Å². The predicted octanol–water partition coefficient (Wildman–Crippen LogP) is 2.78. The van der Waals surface area contributed by atoms with Crippen LogP contribution in [-0.4, -0.2) is 22.7 Å². The van der Waals surface area contributed by atoms with Gasteiger partial charge in [-0.1, -0.05) is 27.7 Å². The molecule has 2 heteroatoms. The van der Waals surface area contributed by atoms with Gasteiger partial charge in [-0.25, -0.2) is 0 Å². The standard InChI is InChI=1S/C10H22OS/c1-7(2)6-9(11)10(12-5)8(3)4/h7-11H,6H2,1-5H3. The highest BCUT2D eigenvalue weighted by molar-refractivity contribution is 7.99. The van der Waals surface area contributed by atoms with Crippen molar-refractivity contribution in [1.29, 1.82) is 0 Å². The van der Waals surface area contributed by atoms with Crippen molar-refractivity contribution in [2.75, 3.05) is 6.26 Å². The van der Waals surface area contributed by atoms with Crippen LogP contribution in [0.15, 0.2) is 0 Å². The molecule has 1 N–H and O–H groups in total. The van der Waals surface area contributed by atoms with Gasteiger partial charge in [-0.2, -0.15) is 11.8 Å². The molecule has 0 amide bonds. The molecule has 0 heterocycles. The molecule has 0 aliphatic carbocycles. The molecule has 0 bridgehead atoms. The van der Waals surface area contributed by atoms with Gasteiger partial charge in [0.2, 0.25) is 0 Å². The molecule has 74 valence electrons. The Morgan fingerprint density at radius 3 is 1.92 bits per heavy atom. The van der Waals surface area contributed by atoms with Crippen molar-refractivity contribution < 1.29 is 5.11 Å². The fourth-order valence-electron chi connectivity index (χ4n) is 1.49. The molecule has 2 atom stereocenters. The number of hydrogen-bond donors (Lipinski definition) is 1. The molecular formula is C10H22OS. The first-order valence-electron chi connectivity index (χ1n) is 4.69. The van der Waals surface area contributed by atoms with Crippen LogP contribution in [0, 0.1) is 11.8 Å². The van der Waals surface area contributed by atoms with Crippen molar-refractivity contribution >= 4 is 11.8 Å². The summed E-state index contributed by atoms with van der Waals surface area (Å²) in [7, 11) is 0. The second-order valence-electron chi connectivity index (χ2n) is 4.14. The van der Waals surface area contributed by atoms with E-state index in [1.165, 1.54) is 0 Å². The van der Waals surface area contributed by atoms with Gasteiger partial charge in [-0.05, 0) is 24.5 Å². The fourth-order valence-corrected chi connectivity index (χ4v) is 2.46. The SMILES string of the molecule is CSC(C(C)C)C(O)CC(C)C. The lowest BCUT2D eigenvalue weighted by atomic mass is 9.97. The van der Waals surface area contributed by atoms with E-state index in [0.717, 1.165) is 6.42 Å². The van der Waals surface area contributed by atoms with E-state index in [-0.39, 0.29) is 6.10 Å². The van der Waals surface area contributed by atoms with Gasteiger partial charge in [-0.15, -0.1) is 0 Å². The van der Waals surface area contributed by atoms with E-state index >= 15 is 0 Å². The Bertz CT molecular complexity index is 112. The second-order valence-corrected chi connectivity index (χ2v) is 5.16. The highest BCUT2D eigenvalue weighted by Crippen LogP contribution is 2.24. The number of thioether (sulfide) groups is 1. The van der Waals surface area contributed by atoms with Gasteiger partial charge in [-0.3, -0.25) is 0 Å². The Kier molecular flexibility index (Phi) is 6.02. The van der Waals surface area contributed by atoms with E-state index in [9.17, 15) is 5.11 Å². The topological polar surface area (TPSA) is 20.2 Å². The Morgan fingerprint density at radius 1 is 1.17 bits per heavy atom. The number of aliphatic hydroxyl groups excluding tert-OH is 1. The molecule has 0 rings (SSSR count). The summed E-state index contributed by atoms with van der Waals surface area (Å²) in [6.45, 7) is 8.65. The van der Waals surface area contributed by atoms with Crippen LogP contribution < -0.4 is 0 Å². The molecule has 12 heavy (non-hydrogen) atoms. The largest absolute Gasteiger partial charge is 0.392 e. The highest BCUT2D eigenvalue weighted by atomic mass is 32.2. The Morgan fingerprint density at radius 2 is 1.67 bits per heavy atom. The summed E-state index contributed by atoms with van der Waals surface area (Å²) in [5.41, 5.74) is 0. The van der Waals surface area contributed by atoms with Crippen molar-refractivity contribution in [3.05, 3.63) is 0 Å². The summed E-state index contributed by atoms with van der Waals surface area (Å²) in [5.74, 6) is 1.15.